The fraction of sp³-hybridized carbons (Fsp3) is 0.211. The molecule has 2 aromatic carbocycles. The van der Waals surface area contributed by atoms with Crippen molar-refractivity contribution in [2.45, 2.75) is 13.0 Å². The van der Waals surface area contributed by atoms with Crippen LogP contribution in [0.4, 0.5) is 15.8 Å². The van der Waals surface area contributed by atoms with Crippen molar-refractivity contribution in [2.75, 3.05) is 22.5 Å². The van der Waals surface area contributed by atoms with Crippen molar-refractivity contribution in [3.63, 3.8) is 0 Å². The molecule has 1 amide bonds. The van der Waals surface area contributed by atoms with Crippen molar-refractivity contribution in [1.29, 1.82) is 0 Å². The van der Waals surface area contributed by atoms with Gasteiger partial charge in [-0.3, -0.25) is 9.10 Å². The Morgan fingerprint density at radius 2 is 2.00 bits per heavy atom. The van der Waals surface area contributed by atoms with E-state index in [4.69, 9.17) is 4.74 Å². The topological polar surface area (TPSA) is 75.7 Å². The lowest BCUT2D eigenvalue weighted by Gasteiger charge is -2.28. The Labute approximate surface area is 158 Å². The molecule has 0 aliphatic carbocycles. The Hall–Kier alpha value is -2.87. The predicted molar refractivity (Wildman–Crippen MR) is 104 cm³/mol. The second-order valence-electron chi connectivity index (χ2n) is 5.80. The SMILES string of the molecule is C=CCOc1cccc(NC(=O)C(C)N(c2ccccc2F)S(C)(=O)=O)c1. The number of anilines is 2. The van der Waals surface area contributed by atoms with Crippen molar-refractivity contribution in [2.24, 2.45) is 0 Å². The Morgan fingerprint density at radius 1 is 1.30 bits per heavy atom. The summed E-state index contributed by atoms with van der Waals surface area (Å²) in [5.74, 6) is -0.818. The maximum Gasteiger partial charge on any atom is 0.247 e. The second-order valence-corrected chi connectivity index (χ2v) is 7.66. The van der Waals surface area contributed by atoms with Gasteiger partial charge < -0.3 is 10.1 Å². The average Bonchev–Trinajstić information content (AvgIpc) is 2.61. The lowest BCUT2D eigenvalue weighted by molar-refractivity contribution is -0.116. The number of para-hydroxylation sites is 1. The average molecular weight is 392 g/mol. The van der Waals surface area contributed by atoms with Crippen molar-refractivity contribution in [1.82, 2.24) is 0 Å². The fourth-order valence-corrected chi connectivity index (χ4v) is 3.65. The van der Waals surface area contributed by atoms with Crippen LogP contribution >= 0.6 is 0 Å². The van der Waals surface area contributed by atoms with Gasteiger partial charge in [-0.05, 0) is 31.2 Å². The number of carbonyl (C=O) groups is 1. The summed E-state index contributed by atoms with van der Waals surface area (Å²) in [6.07, 6.45) is 2.51. The van der Waals surface area contributed by atoms with E-state index < -0.39 is 27.8 Å². The molecule has 0 saturated heterocycles. The number of rotatable bonds is 8. The molecule has 0 aliphatic rings. The summed E-state index contributed by atoms with van der Waals surface area (Å²) < 4.78 is 44.7. The van der Waals surface area contributed by atoms with Gasteiger partial charge in [-0.2, -0.15) is 0 Å². The Bertz CT molecular complexity index is 931. The molecule has 0 bridgehead atoms. The third kappa shape index (κ3) is 5.30. The monoisotopic (exact) mass is 392 g/mol. The maximum absolute atomic E-state index is 14.1. The molecular formula is C19H21FN2O4S. The number of amides is 1. The zero-order valence-corrected chi connectivity index (χ0v) is 15.9. The van der Waals surface area contributed by atoms with Crippen LogP contribution in [0.15, 0.2) is 61.2 Å². The van der Waals surface area contributed by atoms with Gasteiger partial charge in [0, 0.05) is 11.8 Å². The van der Waals surface area contributed by atoms with E-state index in [1.165, 1.54) is 25.1 Å². The van der Waals surface area contributed by atoms with Crippen LogP contribution in [0.1, 0.15) is 6.92 Å². The molecule has 0 saturated carbocycles. The van der Waals surface area contributed by atoms with Crippen LogP contribution in [0.3, 0.4) is 0 Å². The van der Waals surface area contributed by atoms with E-state index in [1.54, 1.807) is 30.3 Å². The van der Waals surface area contributed by atoms with Gasteiger partial charge >= 0.3 is 0 Å². The maximum atomic E-state index is 14.1. The Morgan fingerprint density at radius 3 is 2.63 bits per heavy atom. The molecule has 0 aliphatic heterocycles. The predicted octanol–water partition coefficient (Wildman–Crippen LogP) is 3.18. The van der Waals surface area contributed by atoms with Crippen LogP contribution in [0, 0.1) is 5.82 Å². The van der Waals surface area contributed by atoms with Crippen molar-refractivity contribution >= 4 is 27.3 Å². The summed E-state index contributed by atoms with van der Waals surface area (Å²) in [6, 6.07) is 10.9. The number of benzene rings is 2. The fourth-order valence-electron chi connectivity index (χ4n) is 2.48. The first-order valence-corrected chi connectivity index (χ1v) is 9.97. The highest BCUT2D eigenvalue weighted by Crippen LogP contribution is 2.25. The lowest BCUT2D eigenvalue weighted by Crippen LogP contribution is -2.45. The minimum Gasteiger partial charge on any atom is -0.489 e. The smallest absolute Gasteiger partial charge is 0.247 e. The van der Waals surface area contributed by atoms with Crippen LogP contribution in [-0.4, -0.2) is 33.2 Å². The first-order valence-electron chi connectivity index (χ1n) is 8.12. The highest BCUT2D eigenvalue weighted by molar-refractivity contribution is 7.92. The summed E-state index contributed by atoms with van der Waals surface area (Å²) in [7, 11) is -3.90. The number of halogens is 1. The van der Waals surface area contributed by atoms with Gasteiger partial charge in [0.25, 0.3) is 0 Å². The minimum atomic E-state index is -3.90. The van der Waals surface area contributed by atoms with E-state index >= 15 is 0 Å². The second kappa shape index (κ2) is 8.68. The molecule has 2 rings (SSSR count). The van der Waals surface area contributed by atoms with Gasteiger partial charge in [0.15, 0.2) is 0 Å². The van der Waals surface area contributed by atoms with E-state index in [0.29, 0.717) is 18.0 Å². The standard InChI is InChI=1S/C19H21FN2O4S/c1-4-12-26-16-9-7-8-15(13-16)21-19(23)14(2)22(27(3,24)25)18-11-6-5-10-17(18)20/h4-11,13-14H,1,12H2,2-3H3,(H,21,23). The van der Waals surface area contributed by atoms with E-state index in [0.717, 1.165) is 16.6 Å². The first kappa shape index (κ1) is 20.4. The van der Waals surface area contributed by atoms with E-state index in [-0.39, 0.29) is 5.69 Å². The molecule has 0 aromatic heterocycles. The van der Waals surface area contributed by atoms with E-state index in [2.05, 4.69) is 11.9 Å². The highest BCUT2D eigenvalue weighted by atomic mass is 32.2. The van der Waals surface area contributed by atoms with Crippen LogP contribution in [0.25, 0.3) is 0 Å². The molecule has 2 aromatic rings. The number of carbonyl (C=O) groups excluding carboxylic acids is 1. The summed E-state index contributed by atoms with van der Waals surface area (Å²) in [5.41, 5.74) is 0.237. The summed E-state index contributed by atoms with van der Waals surface area (Å²) >= 11 is 0. The molecule has 0 spiro atoms. The minimum absolute atomic E-state index is 0.189. The molecule has 27 heavy (non-hydrogen) atoms. The van der Waals surface area contributed by atoms with Gasteiger partial charge in [-0.25, -0.2) is 12.8 Å². The molecule has 1 unspecified atom stereocenters. The van der Waals surface area contributed by atoms with Crippen LogP contribution < -0.4 is 14.4 Å². The molecule has 1 N–H and O–H groups in total. The van der Waals surface area contributed by atoms with Crippen LogP contribution in [0.5, 0.6) is 5.75 Å². The van der Waals surface area contributed by atoms with Gasteiger partial charge in [-0.1, -0.05) is 30.9 Å². The number of hydrogen-bond donors (Lipinski definition) is 1. The normalized spacial score (nSPS) is 12.1. The molecule has 0 fully saturated rings. The zero-order valence-electron chi connectivity index (χ0n) is 15.1. The van der Waals surface area contributed by atoms with Crippen LogP contribution in [-0.2, 0) is 14.8 Å². The molecule has 144 valence electrons. The molecule has 0 radical (unpaired) electrons. The molecule has 8 heteroatoms. The number of ether oxygens (including phenoxy) is 1. The molecule has 6 nitrogen and oxygen atoms in total. The van der Waals surface area contributed by atoms with Gasteiger partial charge in [0.05, 0.1) is 11.9 Å². The van der Waals surface area contributed by atoms with E-state index in [9.17, 15) is 17.6 Å². The van der Waals surface area contributed by atoms with Crippen molar-refractivity contribution in [3.8, 4) is 5.75 Å². The number of hydrogen-bond acceptors (Lipinski definition) is 4. The zero-order chi connectivity index (χ0) is 20.0. The van der Waals surface area contributed by atoms with E-state index in [1.807, 2.05) is 0 Å². The molecule has 0 heterocycles. The Kier molecular flexibility index (Phi) is 6.57. The quantitative estimate of drug-likeness (QED) is 0.700. The van der Waals surface area contributed by atoms with Gasteiger partial charge in [0.2, 0.25) is 15.9 Å². The van der Waals surface area contributed by atoms with Crippen molar-refractivity contribution < 1.29 is 22.3 Å². The van der Waals surface area contributed by atoms with Gasteiger partial charge in [0.1, 0.15) is 24.2 Å². The first-order chi connectivity index (χ1) is 12.7. The largest absolute Gasteiger partial charge is 0.489 e. The highest BCUT2D eigenvalue weighted by Gasteiger charge is 2.31. The number of sulfonamides is 1. The molecule has 1 atom stereocenters. The summed E-state index contributed by atoms with van der Waals surface area (Å²) in [6.45, 7) is 5.26. The summed E-state index contributed by atoms with van der Waals surface area (Å²) in [4.78, 5) is 12.6. The number of nitrogens with zero attached hydrogens (tertiary/aromatic N) is 1. The number of nitrogens with one attached hydrogen (secondary N) is 1. The summed E-state index contributed by atoms with van der Waals surface area (Å²) in [5, 5.41) is 2.63. The van der Waals surface area contributed by atoms with Gasteiger partial charge in [-0.15, -0.1) is 0 Å². The van der Waals surface area contributed by atoms with Crippen LogP contribution in [0.2, 0.25) is 0 Å². The molecular weight excluding hydrogens is 371 g/mol. The Balaban J connectivity index is 2.26. The van der Waals surface area contributed by atoms with Crippen molar-refractivity contribution in [3.05, 3.63) is 67.0 Å². The third-order valence-electron chi connectivity index (χ3n) is 3.65. The third-order valence-corrected chi connectivity index (χ3v) is 4.88. The lowest BCUT2D eigenvalue weighted by atomic mass is 10.2.